The highest BCUT2D eigenvalue weighted by Crippen LogP contribution is 2.18. The number of hydrogen-bond acceptors (Lipinski definition) is 4. The second-order valence-corrected chi connectivity index (χ2v) is 5.15. The van der Waals surface area contributed by atoms with E-state index in [2.05, 4.69) is 5.32 Å². The maximum Gasteiger partial charge on any atom is 0.328 e. The Morgan fingerprint density at radius 1 is 1.50 bits per heavy atom. The van der Waals surface area contributed by atoms with Crippen molar-refractivity contribution in [3.63, 3.8) is 0 Å². The molecule has 2 aromatic rings. The zero-order valence-electron chi connectivity index (χ0n) is 10.1. The highest BCUT2D eigenvalue weighted by atomic mass is 35.5. The summed E-state index contributed by atoms with van der Waals surface area (Å²) in [5, 5.41) is 13.1. The number of carboxylic acids is 1. The predicted molar refractivity (Wildman–Crippen MR) is 75.9 cm³/mol. The minimum absolute atomic E-state index is 0.0544. The average molecular weight is 312 g/mol. The molecule has 0 aliphatic carbocycles. The van der Waals surface area contributed by atoms with Gasteiger partial charge in [0.15, 0.2) is 0 Å². The van der Waals surface area contributed by atoms with Gasteiger partial charge >= 0.3 is 5.97 Å². The number of thiophene rings is 1. The topological polar surface area (TPSA) is 79.5 Å². The third-order valence-corrected chi connectivity index (χ3v) is 3.63. The fraction of sp³-hybridized carbons (Fsp3) is 0.0769. The summed E-state index contributed by atoms with van der Waals surface area (Å²) in [5.41, 5.74) is 1.07. The Kier molecular flexibility index (Phi) is 4.60. The Hall–Kier alpha value is -2.05. The van der Waals surface area contributed by atoms with Crippen molar-refractivity contribution in [2.75, 3.05) is 0 Å². The molecule has 0 radical (unpaired) electrons. The zero-order valence-corrected chi connectivity index (χ0v) is 11.7. The molecule has 0 aromatic carbocycles. The van der Waals surface area contributed by atoms with Gasteiger partial charge in [0, 0.05) is 11.0 Å². The highest BCUT2D eigenvalue weighted by molar-refractivity contribution is 7.10. The maximum atomic E-state index is 11.8. The summed E-state index contributed by atoms with van der Waals surface area (Å²) in [4.78, 5) is 23.1. The van der Waals surface area contributed by atoms with Gasteiger partial charge in [-0.2, -0.15) is 0 Å². The second kappa shape index (κ2) is 6.40. The molecule has 7 heteroatoms. The number of aliphatic carboxylic acids is 1. The normalized spacial score (nSPS) is 10.8. The molecule has 0 aliphatic rings. The molecule has 0 saturated carbocycles. The number of carbonyl (C=O) groups is 2. The molecule has 2 rings (SSSR count). The lowest BCUT2D eigenvalue weighted by Crippen LogP contribution is -2.22. The van der Waals surface area contributed by atoms with Crippen molar-refractivity contribution >= 4 is 40.9 Å². The van der Waals surface area contributed by atoms with Gasteiger partial charge in [0.1, 0.15) is 0 Å². The van der Waals surface area contributed by atoms with E-state index in [1.54, 1.807) is 6.07 Å². The number of halogens is 1. The van der Waals surface area contributed by atoms with E-state index in [1.165, 1.54) is 29.7 Å². The van der Waals surface area contributed by atoms with Crippen molar-refractivity contribution in [1.29, 1.82) is 0 Å². The van der Waals surface area contributed by atoms with Crippen LogP contribution in [0.5, 0.6) is 0 Å². The van der Waals surface area contributed by atoms with Crippen LogP contribution in [0.25, 0.3) is 6.08 Å². The molecular formula is C13H10ClNO4S. The first-order valence-electron chi connectivity index (χ1n) is 5.56. The van der Waals surface area contributed by atoms with Gasteiger partial charge in [-0.3, -0.25) is 4.79 Å². The van der Waals surface area contributed by atoms with E-state index in [9.17, 15) is 9.59 Å². The summed E-state index contributed by atoms with van der Waals surface area (Å²) in [5.74, 6) is -1.32. The molecular weight excluding hydrogens is 302 g/mol. The molecule has 2 aromatic heterocycles. The summed E-state index contributed by atoms with van der Waals surface area (Å²) in [6, 6.07) is 3.30. The Balaban J connectivity index is 1.93. The van der Waals surface area contributed by atoms with Gasteiger partial charge in [-0.15, -0.1) is 11.3 Å². The standard InChI is InChI=1S/C13H10ClNO4S/c14-12-10(3-4-19-12)13(18)15-6-9-5-8(7-20-9)1-2-11(16)17/h1-5,7H,6H2,(H,15,18)(H,16,17)/b2-1+. The lowest BCUT2D eigenvalue weighted by Gasteiger charge is -2.01. The summed E-state index contributed by atoms with van der Waals surface area (Å²) in [6.07, 6.45) is 3.91. The first kappa shape index (κ1) is 14.4. The molecule has 104 valence electrons. The molecule has 1 amide bonds. The molecule has 0 saturated heterocycles. The van der Waals surface area contributed by atoms with E-state index < -0.39 is 5.97 Å². The third-order valence-electron chi connectivity index (χ3n) is 2.38. The van der Waals surface area contributed by atoms with Gasteiger partial charge in [0.25, 0.3) is 5.91 Å². The van der Waals surface area contributed by atoms with Crippen molar-refractivity contribution in [3.05, 3.63) is 51.1 Å². The van der Waals surface area contributed by atoms with E-state index in [0.29, 0.717) is 6.54 Å². The molecule has 2 N–H and O–H groups in total. The van der Waals surface area contributed by atoms with Crippen LogP contribution in [0.2, 0.25) is 5.22 Å². The van der Waals surface area contributed by atoms with Crippen molar-refractivity contribution in [2.45, 2.75) is 6.54 Å². The van der Waals surface area contributed by atoms with E-state index in [-0.39, 0.29) is 16.7 Å². The maximum absolute atomic E-state index is 11.8. The lowest BCUT2D eigenvalue weighted by molar-refractivity contribution is -0.131. The van der Waals surface area contributed by atoms with Crippen LogP contribution in [0.3, 0.4) is 0 Å². The van der Waals surface area contributed by atoms with Crippen LogP contribution in [0.4, 0.5) is 0 Å². The number of carboxylic acid groups (broad SMARTS) is 1. The number of amides is 1. The third kappa shape index (κ3) is 3.72. The fourth-order valence-electron chi connectivity index (χ4n) is 1.46. The molecule has 0 atom stereocenters. The summed E-state index contributed by atoms with van der Waals surface area (Å²) in [7, 11) is 0. The zero-order chi connectivity index (χ0) is 14.5. The van der Waals surface area contributed by atoms with Crippen LogP contribution >= 0.6 is 22.9 Å². The van der Waals surface area contributed by atoms with Gasteiger partial charge in [-0.25, -0.2) is 4.79 Å². The minimum atomic E-state index is -0.999. The summed E-state index contributed by atoms with van der Waals surface area (Å²) in [6.45, 7) is 0.339. The highest BCUT2D eigenvalue weighted by Gasteiger charge is 2.12. The minimum Gasteiger partial charge on any atom is -0.478 e. The van der Waals surface area contributed by atoms with E-state index >= 15 is 0 Å². The van der Waals surface area contributed by atoms with Gasteiger partial charge in [0.05, 0.1) is 18.4 Å². The number of carbonyl (C=O) groups excluding carboxylic acids is 1. The van der Waals surface area contributed by atoms with E-state index in [1.807, 2.05) is 5.38 Å². The van der Waals surface area contributed by atoms with Gasteiger partial charge in [0.2, 0.25) is 5.22 Å². The monoisotopic (exact) mass is 311 g/mol. The molecule has 0 bridgehead atoms. The molecule has 0 spiro atoms. The smallest absolute Gasteiger partial charge is 0.328 e. The Morgan fingerprint density at radius 3 is 2.95 bits per heavy atom. The molecule has 0 fully saturated rings. The summed E-state index contributed by atoms with van der Waals surface area (Å²) < 4.78 is 4.84. The number of furan rings is 1. The van der Waals surface area contributed by atoms with Crippen molar-refractivity contribution in [2.24, 2.45) is 0 Å². The SMILES string of the molecule is O=C(O)/C=C/c1csc(CNC(=O)c2ccoc2Cl)c1. The molecule has 2 heterocycles. The average Bonchev–Trinajstić information content (AvgIpc) is 3.02. The Morgan fingerprint density at radius 2 is 2.30 bits per heavy atom. The van der Waals surface area contributed by atoms with Gasteiger partial charge < -0.3 is 14.8 Å². The molecule has 0 unspecified atom stereocenters. The molecule has 20 heavy (non-hydrogen) atoms. The molecule has 5 nitrogen and oxygen atoms in total. The second-order valence-electron chi connectivity index (χ2n) is 3.81. The van der Waals surface area contributed by atoms with Crippen molar-refractivity contribution < 1.29 is 19.1 Å². The number of nitrogens with one attached hydrogen (secondary N) is 1. The Bertz CT molecular complexity index is 659. The first-order chi connectivity index (χ1) is 9.56. The fourth-order valence-corrected chi connectivity index (χ4v) is 2.46. The van der Waals surface area contributed by atoms with Gasteiger partial charge in [-0.05, 0) is 40.8 Å². The first-order valence-corrected chi connectivity index (χ1v) is 6.81. The number of hydrogen-bond donors (Lipinski definition) is 2. The van der Waals surface area contributed by atoms with Crippen LogP contribution in [-0.4, -0.2) is 17.0 Å². The van der Waals surface area contributed by atoms with Crippen molar-refractivity contribution in [3.8, 4) is 0 Å². The van der Waals surface area contributed by atoms with Gasteiger partial charge in [-0.1, -0.05) is 0 Å². The summed E-state index contributed by atoms with van der Waals surface area (Å²) >= 11 is 7.13. The number of rotatable bonds is 5. The predicted octanol–water partition coefficient (Wildman–Crippen LogP) is 3.02. The largest absolute Gasteiger partial charge is 0.478 e. The van der Waals surface area contributed by atoms with Crippen LogP contribution in [0.1, 0.15) is 20.8 Å². The quantitative estimate of drug-likeness (QED) is 0.832. The van der Waals surface area contributed by atoms with E-state index in [0.717, 1.165) is 16.5 Å². The van der Waals surface area contributed by atoms with E-state index in [4.69, 9.17) is 21.1 Å². The lowest BCUT2D eigenvalue weighted by atomic mass is 10.2. The Labute approximate surface area is 123 Å². The van der Waals surface area contributed by atoms with Crippen LogP contribution in [0, 0.1) is 0 Å². The van der Waals surface area contributed by atoms with Crippen LogP contribution in [0.15, 0.2) is 34.3 Å². The van der Waals surface area contributed by atoms with Crippen LogP contribution in [-0.2, 0) is 11.3 Å². The van der Waals surface area contributed by atoms with Crippen LogP contribution < -0.4 is 5.32 Å². The van der Waals surface area contributed by atoms with Crippen molar-refractivity contribution in [1.82, 2.24) is 5.32 Å². The molecule has 0 aliphatic heterocycles.